The fraction of sp³-hybridized carbons (Fsp3) is 0.750. The van der Waals surface area contributed by atoms with Crippen LogP contribution in [0.1, 0.15) is 33.1 Å². The van der Waals surface area contributed by atoms with Crippen molar-refractivity contribution in [2.75, 3.05) is 7.11 Å². The van der Waals surface area contributed by atoms with Crippen LogP contribution in [0.4, 0.5) is 0 Å². The molecule has 0 amide bonds. The molecule has 0 heterocycles. The zero-order chi connectivity index (χ0) is 11.8. The van der Waals surface area contributed by atoms with E-state index in [1.165, 1.54) is 7.11 Å². The number of aliphatic hydroxyl groups is 1. The zero-order valence-electron chi connectivity index (χ0n) is 9.90. The van der Waals surface area contributed by atoms with Crippen LogP contribution in [-0.4, -0.2) is 24.3 Å². The van der Waals surface area contributed by atoms with Crippen LogP contribution in [0.25, 0.3) is 0 Å². The molecule has 0 saturated heterocycles. The van der Waals surface area contributed by atoms with Gasteiger partial charge in [-0.1, -0.05) is 26.3 Å². The number of ether oxygens (including phenoxy) is 1. The summed E-state index contributed by atoms with van der Waals surface area (Å²) in [5.41, 5.74) is 0. The Morgan fingerprint density at radius 3 is 2.60 bits per heavy atom. The third-order valence-corrected chi connectivity index (χ3v) is 2.91. The Bertz CT molecular complexity index is 201. The van der Waals surface area contributed by atoms with Crippen LogP contribution in [0.2, 0.25) is 0 Å². The minimum atomic E-state index is -0.634. The first-order chi connectivity index (χ1) is 7.06. The molecule has 3 nitrogen and oxygen atoms in total. The van der Waals surface area contributed by atoms with E-state index < -0.39 is 6.10 Å². The van der Waals surface area contributed by atoms with E-state index in [-0.39, 0.29) is 18.3 Å². The molecule has 3 atom stereocenters. The van der Waals surface area contributed by atoms with E-state index in [1.54, 1.807) is 6.08 Å². The molecule has 3 unspecified atom stereocenters. The van der Waals surface area contributed by atoms with Gasteiger partial charge >= 0.3 is 5.97 Å². The highest BCUT2D eigenvalue weighted by atomic mass is 16.5. The van der Waals surface area contributed by atoms with Gasteiger partial charge in [0.25, 0.3) is 0 Å². The van der Waals surface area contributed by atoms with E-state index in [0.717, 1.165) is 12.8 Å². The molecule has 0 aromatic carbocycles. The highest BCUT2D eigenvalue weighted by Crippen LogP contribution is 2.24. The molecular weight excluding hydrogens is 192 g/mol. The molecule has 0 aromatic heterocycles. The van der Waals surface area contributed by atoms with Crippen molar-refractivity contribution in [2.45, 2.75) is 39.2 Å². The molecule has 0 fully saturated rings. The molecule has 1 N–H and O–H groups in total. The summed E-state index contributed by atoms with van der Waals surface area (Å²) < 4.78 is 4.54. The lowest BCUT2D eigenvalue weighted by Crippen LogP contribution is -2.28. The van der Waals surface area contributed by atoms with Crippen molar-refractivity contribution < 1.29 is 14.6 Å². The number of carbonyl (C=O) groups excluding carboxylic acids is 1. The van der Waals surface area contributed by atoms with Crippen LogP contribution in [-0.2, 0) is 9.53 Å². The second-order valence-corrected chi connectivity index (χ2v) is 3.92. The van der Waals surface area contributed by atoms with Gasteiger partial charge in [0.2, 0.25) is 0 Å². The zero-order valence-corrected chi connectivity index (χ0v) is 9.90. The van der Waals surface area contributed by atoms with Gasteiger partial charge in [-0.2, -0.15) is 0 Å². The Hall–Kier alpha value is -0.830. The van der Waals surface area contributed by atoms with Gasteiger partial charge in [0.15, 0.2) is 0 Å². The van der Waals surface area contributed by atoms with Crippen molar-refractivity contribution in [1.82, 2.24) is 0 Å². The van der Waals surface area contributed by atoms with Gasteiger partial charge in [0, 0.05) is 0 Å². The van der Waals surface area contributed by atoms with Crippen molar-refractivity contribution >= 4 is 5.97 Å². The molecule has 0 aliphatic carbocycles. The lowest BCUT2D eigenvalue weighted by atomic mass is 9.83. The normalized spacial score (nSPS) is 16.5. The minimum Gasteiger partial charge on any atom is -0.469 e. The van der Waals surface area contributed by atoms with Crippen LogP contribution in [0.5, 0.6) is 0 Å². The van der Waals surface area contributed by atoms with Gasteiger partial charge in [0.1, 0.15) is 0 Å². The van der Waals surface area contributed by atoms with Crippen molar-refractivity contribution in [3.05, 3.63) is 12.7 Å². The minimum absolute atomic E-state index is 0.0688. The maximum atomic E-state index is 11.0. The fourth-order valence-electron chi connectivity index (χ4n) is 1.67. The second-order valence-electron chi connectivity index (χ2n) is 3.92. The van der Waals surface area contributed by atoms with Crippen LogP contribution >= 0.6 is 0 Å². The first-order valence-electron chi connectivity index (χ1n) is 5.42. The SMILES string of the molecule is C=CCC(C(C)CC)C(O)CC(=O)OC. The maximum Gasteiger partial charge on any atom is 0.308 e. The van der Waals surface area contributed by atoms with E-state index >= 15 is 0 Å². The van der Waals surface area contributed by atoms with E-state index in [9.17, 15) is 9.90 Å². The Labute approximate surface area is 92.1 Å². The first kappa shape index (κ1) is 14.2. The predicted molar refractivity (Wildman–Crippen MR) is 60.4 cm³/mol. The van der Waals surface area contributed by atoms with Gasteiger partial charge in [-0.05, 0) is 18.3 Å². The molecule has 15 heavy (non-hydrogen) atoms. The molecule has 3 heteroatoms. The van der Waals surface area contributed by atoms with Gasteiger partial charge in [-0.3, -0.25) is 4.79 Å². The molecule has 0 spiro atoms. The number of hydrogen-bond donors (Lipinski definition) is 1. The van der Waals surface area contributed by atoms with Crippen molar-refractivity contribution in [2.24, 2.45) is 11.8 Å². The number of methoxy groups -OCH3 is 1. The first-order valence-corrected chi connectivity index (χ1v) is 5.42. The molecule has 0 aliphatic rings. The molecule has 0 rings (SSSR count). The summed E-state index contributed by atoms with van der Waals surface area (Å²) in [6.07, 6.45) is 2.94. The van der Waals surface area contributed by atoms with E-state index in [4.69, 9.17) is 0 Å². The van der Waals surface area contributed by atoms with E-state index in [2.05, 4.69) is 25.2 Å². The molecule has 0 aromatic rings. The van der Waals surface area contributed by atoms with E-state index in [0.29, 0.717) is 5.92 Å². The average Bonchev–Trinajstić information content (AvgIpc) is 2.24. The lowest BCUT2D eigenvalue weighted by Gasteiger charge is -2.26. The number of carbonyl (C=O) groups is 1. The predicted octanol–water partition coefficient (Wildman–Crippen LogP) is 2.15. The number of esters is 1. The molecule has 0 bridgehead atoms. The summed E-state index contributed by atoms with van der Waals surface area (Å²) in [4.78, 5) is 11.0. The highest BCUT2D eigenvalue weighted by Gasteiger charge is 2.25. The van der Waals surface area contributed by atoms with Crippen molar-refractivity contribution in [3.8, 4) is 0 Å². The largest absolute Gasteiger partial charge is 0.469 e. The third kappa shape index (κ3) is 4.98. The highest BCUT2D eigenvalue weighted by molar-refractivity contribution is 5.69. The van der Waals surface area contributed by atoms with Crippen LogP contribution in [0, 0.1) is 11.8 Å². The fourth-order valence-corrected chi connectivity index (χ4v) is 1.67. The van der Waals surface area contributed by atoms with Crippen molar-refractivity contribution in [3.63, 3.8) is 0 Å². The molecule has 0 aliphatic heterocycles. The summed E-state index contributed by atoms with van der Waals surface area (Å²) >= 11 is 0. The van der Waals surface area contributed by atoms with E-state index in [1.807, 2.05) is 0 Å². The standard InChI is InChI=1S/C12H22O3/c1-5-7-10(9(3)6-2)11(13)8-12(14)15-4/h5,9-11,13H,1,6-8H2,2-4H3. The summed E-state index contributed by atoms with van der Waals surface area (Å²) in [5.74, 6) is 0.106. The van der Waals surface area contributed by atoms with Crippen LogP contribution in [0.3, 0.4) is 0 Å². The monoisotopic (exact) mass is 214 g/mol. The second kappa shape index (κ2) is 7.46. The summed E-state index contributed by atoms with van der Waals surface area (Å²) in [7, 11) is 1.33. The summed E-state index contributed by atoms with van der Waals surface area (Å²) in [6, 6.07) is 0. The summed E-state index contributed by atoms with van der Waals surface area (Å²) in [5, 5.41) is 9.89. The van der Waals surface area contributed by atoms with Gasteiger partial charge in [-0.15, -0.1) is 6.58 Å². The van der Waals surface area contributed by atoms with Gasteiger partial charge < -0.3 is 9.84 Å². The van der Waals surface area contributed by atoms with Crippen LogP contribution < -0.4 is 0 Å². The number of rotatable bonds is 7. The van der Waals surface area contributed by atoms with Crippen LogP contribution in [0.15, 0.2) is 12.7 Å². The smallest absolute Gasteiger partial charge is 0.308 e. The Morgan fingerprint density at radius 1 is 1.60 bits per heavy atom. The average molecular weight is 214 g/mol. The summed E-state index contributed by atoms with van der Waals surface area (Å²) in [6.45, 7) is 7.82. The molecular formula is C12H22O3. The Morgan fingerprint density at radius 2 is 2.20 bits per heavy atom. The lowest BCUT2D eigenvalue weighted by molar-refractivity contribution is -0.143. The number of hydrogen-bond acceptors (Lipinski definition) is 3. The van der Waals surface area contributed by atoms with Gasteiger partial charge in [-0.25, -0.2) is 0 Å². The third-order valence-electron chi connectivity index (χ3n) is 2.91. The Kier molecular flexibility index (Phi) is 7.05. The number of allylic oxidation sites excluding steroid dienone is 1. The van der Waals surface area contributed by atoms with Crippen molar-refractivity contribution in [1.29, 1.82) is 0 Å². The quantitative estimate of drug-likeness (QED) is 0.522. The van der Waals surface area contributed by atoms with Gasteiger partial charge in [0.05, 0.1) is 19.6 Å². The molecule has 0 saturated carbocycles. The molecule has 88 valence electrons. The topological polar surface area (TPSA) is 46.5 Å². The molecule has 0 radical (unpaired) electrons. The Balaban J connectivity index is 4.33. The number of aliphatic hydroxyl groups excluding tert-OH is 1. The maximum absolute atomic E-state index is 11.0.